The molecule has 0 spiro atoms. The van der Waals surface area contributed by atoms with Gasteiger partial charge in [-0.1, -0.05) is 41.4 Å². The largest absolute Gasteiger partial charge is 0.394 e. The van der Waals surface area contributed by atoms with Gasteiger partial charge < -0.3 is 25.6 Å². The second-order valence-corrected chi connectivity index (χ2v) is 11.0. The second kappa shape index (κ2) is 12.9. The Morgan fingerprint density at radius 3 is 2.67 bits per heavy atom. The summed E-state index contributed by atoms with van der Waals surface area (Å²) in [6.45, 7) is 0.669. The number of rotatable bonds is 9. The summed E-state index contributed by atoms with van der Waals surface area (Å²) >= 11 is 12.2. The van der Waals surface area contributed by atoms with Crippen molar-refractivity contribution in [3.8, 4) is 6.07 Å². The zero-order chi connectivity index (χ0) is 28.2. The molecule has 1 amide bonds. The topological polar surface area (TPSA) is 115 Å². The van der Waals surface area contributed by atoms with Crippen molar-refractivity contribution in [1.29, 1.82) is 5.26 Å². The number of amides is 1. The Morgan fingerprint density at radius 2 is 2.00 bits per heavy atom. The number of nitrogens with one attached hydrogen (secondary N) is 2. The molecule has 0 saturated carbocycles. The number of carbonyl (C=O) groups is 1. The lowest BCUT2D eigenvalue weighted by atomic mass is 9.63. The van der Waals surface area contributed by atoms with E-state index in [0.29, 0.717) is 19.6 Å². The van der Waals surface area contributed by atoms with Crippen LogP contribution in [0.3, 0.4) is 0 Å². The van der Waals surface area contributed by atoms with Gasteiger partial charge in [0.2, 0.25) is 5.91 Å². The first-order chi connectivity index (χ1) is 18.7. The van der Waals surface area contributed by atoms with Gasteiger partial charge in [-0.25, -0.2) is 8.78 Å². The highest BCUT2D eigenvalue weighted by Gasteiger charge is 2.60. The van der Waals surface area contributed by atoms with Crippen molar-refractivity contribution in [2.24, 2.45) is 5.92 Å². The first-order valence-corrected chi connectivity index (χ1v) is 13.7. The number of aliphatic hydroxyl groups excluding tert-OH is 2. The molecule has 5 atom stereocenters. The van der Waals surface area contributed by atoms with E-state index in [2.05, 4.69) is 16.7 Å². The Morgan fingerprint density at radius 1 is 1.26 bits per heavy atom. The molecule has 0 aliphatic carbocycles. The van der Waals surface area contributed by atoms with Gasteiger partial charge in [0, 0.05) is 42.3 Å². The summed E-state index contributed by atoms with van der Waals surface area (Å²) in [5.74, 6) is -3.11. The number of hydrogen-bond donors (Lipinski definition) is 4. The van der Waals surface area contributed by atoms with E-state index in [1.807, 2.05) is 0 Å². The summed E-state index contributed by atoms with van der Waals surface area (Å²) in [5.41, 5.74) is -1.68. The number of aliphatic hydroxyl groups is 2. The van der Waals surface area contributed by atoms with Crippen LogP contribution in [0.5, 0.6) is 0 Å². The minimum absolute atomic E-state index is 0.00865. The molecule has 2 aromatic carbocycles. The summed E-state index contributed by atoms with van der Waals surface area (Å²) in [7, 11) is 0. The van der Waals surface area contributed by atoms with Gasteiger partial charge in [-0.15, -0.1) is 0 Å². The van der Waals surface area contributed by atoms with Crippen molar-refractivity contribution in [3.05, 3.63) is 69.2 Å². The third kappa shape index (κ3) is 6.07. The van der Waals surface area contributed by atoms with Crippen LogP contribution in [-0.2, 0) is 14.9 Å². The zero-order valence-electron chi connectivity index (χ0n) is 21.2. The highest BCUT2D eigenvalue weighted by atomic mass is 35.5. The van der Waals surface area contributed by atoms with Crippen LogP contribution in [0, 0.1) is 28.9 Å². The Balaban J connectivity index is 1.86. The summed E-state index contributed by atoms with van der Waals surface area (Å²) in [4.78, 5) is 13.6. The van der Waals surface area contributed by atoms with E-state index in [4.69, 9.17) is 33.0 Å². The average molecular weight is 582 g/mol. The maximum Gasteiger partial charge on any atom is 0.237 e. The van der Waals surface area contributed by atoms with Gasteiger partial charge in [-0.2, -0.15) is 5.26 Å². The summed E-state index contributed by atoms with van der Waals surface area (Å²) in [5, 5.41) is 35.6. The van der Waals surface area contributed by atoms with Crippen molar-refractivity contribution in [1.82, 2.24) is 10.6 Å². The predicted octanol–water partition coefficient (Wildman–Crippen LogP) is 3.83. The SMILES string of the molecule is N#C[C@]1(c2ccc(Cl)cc2F)[C@H](CC2CCOCC2)N[C@@H](C(=O)NCC[C@H](O)CO)[C@@H]1c1cccc(Cl)c1F. The molecule has 2 saturated heterocycles. The van der Waals surface area contributed by atoms with Gasteiger partial charge in [0.1, 0.15) is 17.0 Å². The van der Waals surface area contributed by atoms with Crippen LogP contribution in [0.15, 0.2) is 36.4 Å². The lowest BCUT2D eigenvalue weighted by Crippen LogP contribution is -2.46. The van der Waals surface area contributed by atoms with Crippen LogP contribution in [0.1, 0.15) is 42.7 Å². The summed E-state index contributed by atoms with van der Waals surface area (Å²) in [6, 6.07) is 8.80. The molecule has 0 unspecified atom stereocenters. The molecule has 2 heterocycles. The van der Waals surface area contributed by atoms with Crippen LogP contribution in [0.4, 0.5) is 8.78 Å². The van der Waals surface area contributed by atoms with E-state index in [-0.39, 0.29) is 40.1 Å². The quantitative estimate of drug-likeness (QED) is 0.358. The van der Waals surface area contributed by atoms with Gasteiger partial charge in [-0.05, 0) is 55.4 Å². The highest BCUT2D eigenvalue weighted by molar-refractivity contribution is 6.31. The van der Waals surface area contributed by atoms with Gasteiger partial charge >= 0.3 is 0 Å². The molecule has 4 rings (SSSR count). The Kier molecular flexibility index (Phi) is 9.81. The molecule has 2 aliphatic heterocycles. The number of nitrogens with zero attached hydrogens (tertiary/aromatic N) is 1. The zero-order valence-corrected chi connectivity index (χ0v) is 22.7. The number of halogens is 4. The molecular formula is C28H31Cl2F2N3O4. The van der Waals surface area contributed by atoms with E-state index in [1.54, 1.807) is 0 Å². The van der Waals surface area contributed by atoms with E-state index in [1.165, 1.54) is 30.3 Å². The smallest absolute Gasteiger partial charge is 0.237 e. The fourth-order valence-corrected chi connectivity index (χ4v) is 6.20. The summed E-state index contributed by atoms with van der Waals surface area (Å²) < 4.78 is 36.8. The Hall–Kier alpha value is -2.32. The van der Waals surface area contributed by atoms with E-state index in [9.17, 15) is 15.2 Å². The van der Waals surface area contributed by atoms with Crippen LogP contribution >= 0.6 is 23.2 Å². The molecule has 0 aromatic heterocycles. The molecule has 0 bridgehead atoms. The van der Waals surface area contributed by atoms with Gasteiger partial charge in [-0.3, -0.25) is 4.79 Å². The molecule has 210 valence electrons. The third-order valence-electron chi connectivity index (χ3n) is 7.81. The van der Waals surface area contributed by atoms with Gasteiger partial charge in [0.05, 0.1) is 29.8 Å². The maximum absolute atomic E-state index is 15.7. The lowest BCUT2D eigenvalue weighted by molar-refractivity contribution is -0.123. The fraction of sp³-hybridized carbons (Fsp3) is 0.500. The van der Waals surface area contributed by atoms with Gasteiger partial charge in [0.25, 0.3) is 0 Å². The van der Waals surface area contributed by atoms with Crippen molar-refractivity contribution >= 4 is 29.1 Å². The predicted molar refractivity (Wildman–Crippen MR) is 142 cm³/mol. The van der Waals surface area contributed by atoms with Crippen molar-refractivity contribution in [2.75, 3.05) is 26.4 Å². The molecule has 11 heteroatoms. The first-order valence-electron chi connectivity index (χ1n) is 12.9. The average Bonchev–Trinajstić information content (AvgIpc) is 3.25. The highest BCUT2D eigenvalue weighted by Crippen LogP contribution is 2.52. The Labute approximate surface area is 236 Å². The molecule has 2 fully saturated rings. The molecule has 4 N–H and O–H groups in total. The normalized spacial score (nSPS) is 26.2. The van der Waals surface area contributed by atoms with Gasteiger partial charge in [0.15, 0.2) is 0 Å². The minimum atomic E-state index is -1.70. The minimum Gasteiger partial charge on any atom is -0.394 e. The molecule has 2 aromatic rings. The number of benzene rings is 2. The van der Waals surface area contributed by atoms with Crippen LogP contribution in [0.2, 0.25) is 10.0 Å². The molecular weight excluding hydrogens is 551 g/mol. The third-order valence-corrected chi connectivity index (χ3v) is 8.34. The van der Waals surface area contributed by atoms with E-state index < -0.39 is 53.7 Å². The monoisotopic (exact) mass is 581 g/mol. The van der Waals surface area contributed by atoms with Crippen LogP contribution in [0.25, 0.3) is 0 Å². The fourth-order valence-electron chi connectivity index (χ4n) is 5.86. The molecule has 0 radical (unpaired) electrons. The van der Waals surface area contributed by atoms with Crippen molar-refractivity contribution in [2.45, 2.75) is 55.2 Å². The first kappa shape index (κ1) is 29.7. The van der Waals surface area contributed by atoms with Crippen molar-refractivity contribution in [3.63, 3.8) is 0 Å². The molecule has 2 aliphatic rings. The number of hydrogen-bond acceptors (Lipinski definition) is 6. The standard InChI is InChI=1S/C28H31Cl2F2N3O4/c29-17-4-5-20(22(31)13-17)28(15-33)23(12-16-7-10-39-11-8-16)35-26(27(38)34-9-6-18(37)14-36)24(28)19-2-1-3-21(30)25(19)32/h1-5,13,16,18,23-24,26,35-37H,6-12,14H2,(H,34,38)/t18-,23-,24-,26+,28-/m0/s1. The maximum atomic E-state index is 15.7. The number of carbonyl (C=O) groups excluding carboxylic acids is 1. The number of nitriles is 1. The van der Waals surface area contributed by atoms with Crippen LogP contribution < -0.4 is 10.6 Å². The number of ether oxygens (including phenoxy) is 1. The second-order valence-electron chi connectivity index (χ2n) is 10.1. The molecule has 39 heavy (non-hydrogen) atoms. The summed E-state index contributed by atoms with van der Waals surface area (Å²) in [6.07, 6.45) is 0.950. The van der Waals surface area contributed by atoms with E-state index in [0.717, 1.165) is 18.9 Å². The Bertz CT molecular complexity index is 1220. The van der Waals surface area contributed by atoms with E-state index >= 15 is 8.78 Å². The van der Waals surface area contributed by atoms with Crippen molar-refractivity contribution < 1.29 is 28.5 Å². The molecule has 7 nitrogen and oxygen atoms in total. The lowest BCUT2D eigenvalue weighted by Gasteiger charge is -2.37. The van der Waals surface area contributed by atoms with Crippen LogP contribution in [-0.4, -0.2) is 60.7 Å².